The molecule has 4 heteroatoms. The van der Waals surface area contributed by atoms with E-state index >= 15 is 0 Å². The summed E-state index contributed by atoms with van der Waals surface area (Å²) < 4.78 is 0. The van der Waals surface area contributed by atoms with Gasteiger partial charge in [0.1, 0.15) is 6.04 Å². The molecular formula is C23H41NO3. The van der Waals surface area contributed by atoms with E-state index < -0.39 is 12.0 Å². The standard InChI is InChI=1S/C23H41NO3/c1-2-3-4-5-6-7-8-9-10-11-12-13-14-15-16-19-22(25)24-20-17-18-21(24)23(26)27/h9-10,21H,2-8,11-20H2,1H3,(H,26,27)/b10-9-/t21-/m0/s1. The normalized spacial score (nSPS) is 17.1. The first-order valence-electron chi connectivity index (χ1n) is 11.3. The smallest absolute Gasteiger partial charge is 0.326 e. The summed E-state index contributed by atoms with van der Waals surface area (Å²) >= 11 is 0. The zero-order chi connectivity index (χ0) is 19.7. The van der Waals surface area contributed by atoms with Crippen LogP contribution >= 0.6 is 0 Å². The molecule has 0 aliphatic carbocycles. The Morgan fingerprint density at radius 3 is 2.04 bits per heavy atom. The van der Waals surface area contributed by atoms with E-state index in [9.17, 15) is 9.59 Å². The van der Waals surface area contributed by atoms with Gasteiger partial charge in [-0.15, -0.1) is 0 Å². The maximum Gasteiger partial charge on any atom is 0.326 e. The molecule has 0 aromatic heterocycles. The van der Waals surface area contributed by atoms with E-state index in [1.165, 1.54) is 70.6 Å². The van der Waals surface area contributed by atoms with Gasteiger partial charge in [-0.05, 0) is 44.9 Å². The van der Waals surface area contributed by atoms with E-state index in [2.05, 4.69) is 19.1 Å². The number of allylic oxidation sites excluding steroid dienone is 2. The summed E-state index contributed by atoms with van der Waals surface area (Å²) in [5.41, 5.74) is 0. The van der Waals surface area contributed by atoms with Gasteiger partial charge in [-0.3, -0.25) is 4.79 Å². The van der Waals surface area contributed by atoms with Gasteiger partial charge in [0.25, 0.3) is 0 Å². The Morgan fingerprint density at radius 1 is 0.889 bits per heavy atom. The molecule has 1 amide bonds. The van der Waals surface area contributed by atoms with E-state index in [1.54, 1.807) is 4.90 Å². The average Bonchev–Trinajstić information content (AvgIpc) is 3.15. The van der Waals surface area contributed by atoms with Crippen LogP contribution in [0, 0.1) is 0 Å². The van der Waals surface area contributed by atoms with E-state index in [0.717, 1.165) is 19.3 Å². The fourth-order valence-electron chi connectivity index (χ4n) is 3.81. The number of rotatable bonds is 16. The van der Waals surface area contributed by atoms with Gasteiger partial charge in [0, 0.05) is 13.0 Å². The van der Waals surface area contributed by atoms with Crippen LogP contribution in [-0.2, 0) is 9.59 Å². The summed E-state index contributed by atoms with van der Waals surface area (Å²) in [6.45, 7) is 2.87. The molecule has 156 valence electrons. The van der Waals surface area contributed by atoms with Crippen molar-refractivity contribution in [3.05, 3.63) is 12.2 Å². The Hall–Kier alpha value is -1.32. The number of carbonyl (C=O) groups is 2. The Labute approximate surface area is 166 Å². The highest BCUT2D eigenvalue weighted by atomic mass is 16.4. The molecule has 1 aliphatic heterocycles. The lowest BCUT2D eigenvalue weighted by Gasteiger charge is -2.21. The molecule has 0 aromatic rings. The van der Waals surface area contributed by atoms with Crippen LogP contribution in [0.4, 0.5) is 0 Å². The fraction of sp³-hybridized carbons (Fsp3) is 0.826. The molecule has 0 saturated carbocycles. The van der Waals surface area contributed by atoms with Crippen molar-refractivity contribution in [2.24, 2.45) is 0 Å². The maximum atomic E-state index is 12.1. The molecule has 0 radical (unpaired) electrons. The zero-order valence-corrected chi connectivity index (χ0v) is 17.5. The van der Waals surface area contributed by atoms with Crippen molar-refractivity contribution in [3.63, 3.8) is 0 Å². The third-order valence-corrected chi connectivity index (χ3v) is 5.51. The van der Waals surface area contributed by atoms with Crippen LogP contribution in [0.5, 0.6) is 0 Å². The minimum atomic E-state index is -0.856. The molecule has 1 saturated heterocycles. The maximum absolute atomic E-state index is 12.1. The van der Waals surface area contributed by atoms with Crippen LogP contribution in [0.2, 0.25) is 0 Å². The van der Waals surface area contributed by atoms with E-state index in [1.807, 2.05) is 0 Å². The van der Waals surface area contributed by atoms with Crippen LogP contribution in [0.25, 0.3) is 0 Å². The molecular weight excluding hydrogens is 338 g/mol. The number of hydrogen-bond donors (Lipinski definition) is 1. The van der Waals surface area contributed by atoms with Crippen LogP contribution < -0.4 is 0 Å². The Balaban J connectivity index is 1.89. The third-order valence-electron chi connectivity index (χ3n) is 5.51. The quantitative estimate of drug-likeness (QED) is 0.260. The average molecular weight is 380 g/mol. The number of aliphatic carboxylic acids is 1. The highest BCUT2D eigenvalue weighted by molar-refractivity contribution is 5.84. The zero-order valence-electron chi connectivity index (χ0n) is 17.5. The van der Waals surface area contributed by atoms with Crippen molar-refractivity contribution < 1.29 is 14.7 Å². The van der Waals surface area contributed by atoms with Gasteiger partial charge in [-0.2, -0.15) is 0 Å². The van der Waals surface area contributed by atoms with Crippen molar-refractivity contribution in [1.29, 1.82) is 0 Å². The second-order valence-electron chi connectivity index (χ2n) is 7.92. The lowest BCUT2D eigenvalue weighted by atomic mass is 10.1. The Bertz CT molecular complexity index is 433. The predicted octanol–water partition coefficient (Wildman–Crippen LogP) is 6.10. The van der Waals surface area contributed by atoms with Crippen LogP contribution in [0.15, 0.2) is 12.2 Å². The fourth-order valence-corrected chi connectivity index (χ4v) is 3.81. The number of carbonyl (C=O) groups excluding carboxylic acids is 1. The number of hydrogen-bond acceptors (Lipinski definition) is 2. The van der Waals surface area contributed by atoms with Crippen LogP contribution in [-0.4, -0.2) is 34.5 Å². The lowest BCUT2D eigenvalue weighted by Crippen LogP contribution is -2.40. The molecule has 1 fully saturated rings. The number of carboxylic acid groups (broad SMARTS) is 1. The summed E-state index contributed by atoms with van der Waals surface area (Å²) in [5, 5.41) is 9.14. The minimum Gasteiger partial charge on any atom is -0.480 e. The first-order valence-corrected chi connectivity index (χ1v) is 11.3. The largest absolute Gasteiger partial charge is 0.480 e. The molecule has 4 nitrogen and oxygen atoms in total. The molecule has 1 rings (SSSR count). The minimum absolute atomic E-state index is 0.0255. The molecule has 27 heavy (non-hydrogen) atoms. The van der Waals surface area contributed by atoms with E-state index in [-0.39, 0.29) is 5.91 Å². The number of amides is 1. The Kier molecular flexibility index (Phi) is 13.8. The molecule has 0 spiro atoms. The van der Waals surface area contributed by atoms with Crippen molar-refractivity contribution in [2.75, 3.05) is 6.54 Å². The molecule has 1 heterocycles. The predicted molar refractivity (Wildman–Crippen MR) is 112 cm³/mol. The second kappa shape index (κ2) is 15.7. The first-order chi connectivity index (χ1) is 13.2. The van der Waals surface area contributed by atoms with Gasteiger partial charge in [0.05, 0.1) is 0 Å². The Morgan fingerprint density at radius 2 is 1.44 bits per heavy atom. The van der Waals surface area contributed by atoms with Crippen LogP contribution in [0.3, 0.4) is 0 Å². The summed E-state index contributed by atoms with van der Waals surface area (Å²) in [5.74, 6) is -0.831. The highest BCUT2D eigenvalue weighted by Gasteiger charge is 2.33. The number of carboxylic acids is 1. The molecule has 1 atom stereocenters. The van der Waals surface area contributed by atoms with Crippen LogP contribution in [0.1, 0.15) is 110 Å². The lowest BCUT2D eigenvalue weighted by molar-refractivity contribution is -0.148. The molecule has 0 unspecified atom stereocenters. The molecule has 1 aliphatic rings. The van der Waals surface area contributed by atoms with Gasteiger partial charge < -0.3 is 10.0 Å². The monoisotopic (exact) mass is 379 g/mol. The van der Waals surface area contributed by atoms with Gasteiger partial charge in [-0.25, -0.2) is 4.79 Å². The third kappa shape index (κ3) is 11.2. The second-order valence-corrected chi connectivity index (χ2v) is 7.92. The van der Waals surface area contributed by atoms with Crippen molar-refractivity contribution >= 4 is 11.9 Å². The van der Waals surface area contributed by atoms with Crippen molar-refractivity contribution in [2.45, 2.75) is 116 Å². The number of nitrogens with zero attached hydrogens (tertiary/aromatic N) is 1. The molecule has 0 bridgehead atoms. The summed E-state index contributed by atoms with van der Waals surface area (Å²) in [7, 11) is 0. The van der Waals surface area contributed by atoms with Crippen molar-refractivity contribution in [3.8, 4) is 0 Å². The van der Waals surface area contributed by atoms with Gasteiger partial charge in [0.15, 0.2) is 0 Å². The number of unbranched alkanes of at least 4 members (excludes halogenated alkanes) is 11. The summed E-state index contributed by atoms with van der Waals surface area (Å²) in [6.07, 6.45) is 22.7. The first kappa shape index (κ1) is 23.7. The van der Waals surface area contributed by atoms with Gasteiger partial charge in [0.2, 0.25) is 5.91 Å². The van der Waals surface area contributed by atoms with E-state index in [4.69, 9.17) is 5.11 Å². The highest BCUT2D eigenvalue weighted by Crippen LogP contribution is 2.19. The van der Waals surface area contributed by atoms with E-state index in [0.29, 0.717) is 19.4 Å². The summed E-state index contributed by atoms with van der Waals surface area (Å²) in [4.78, 5) is 24.8. The summed E-state index contributed by atoms with van der Waals surface area (Å²) in [6, 6.07) is -0.583. The molecule has 0 aromatic carbocycles. The van der Waals surface area contributed by atoms with Gasteiger partial charge >= 0.3 is 5.97 Å². The SMILES string of the molecule is CCCCCCCC/C=C\CCCCCCCC(=O)N1CCC[C@H]1C(=O)O. The van der Waals surface area contributed by atoms with Crippen molar-refractivity contribution in [1.82, 2.24) is 4.90 Å². The number of likely N-dealkylation sites (tertiary alicyclic amines) is 1. The topological polar surface area (TPSA) is 57.6 Å². The van der Waals surface area contributed by atoms with Gasteiger partial charge in [-0.1, -0.05) is 70.4 Å². The molecule has 1 N–H and O–H groups in total.